The predicted octanol–water partition coefficient (Wildman–Crippen LogP) is 1.49. The fourth-order valence-electron chi connectivity index (χ4n) is 1.17. The van der Waals surface area contributed by atoms with Crippen molar-refractivity contribution in [2.75, 3.05) is 13.2 Å². The fourth-order valence-corrected chi connectivity index (χ4v) is 1.74. The van der Waals surface area contributed by atoms with Crippen LogP contribution in [-0.4, -0.2) is 28.5 Å². The maximum atomic E-state index is 8.80. The summed E-state index contributed by atoms with van der Waals surface area (Å²) in [7, 11) is 0. The zero-order chi connectivity index (χ0) is 11.9. The molecule has 0 radical (unpaired) electrons. The van der Waals surface area contributed by atoms with Crippen LogP contribution in [0.1, 0.15) is 5.01 Å². The van der Waals surface area contributed by atoms with Crippen molar-refractivity contribution >= 4 is 11.3 Å². The van der Waals surface area contributed by atoms with Gasteiger partial charge < -0.3 is 14.6 Å². The van der Waals surface area contributed by atoms with Crippen LogP contribution in [0.2, 0.25) is 0 Å². The van der Waals surface area contributed by atoms with Crippen molar-refractivity contribution in [3.63, 3.8) is 0 Å². The van der Waals surface area contributed by atoms with Gasteiger partial charge in [0.15, 0.2) is 0 Å². The van der Waals surface area contributed by atoms with Crippen LogP contribution in [0.5, 0.6) is 10.9 Å². The van der Waals surface area contributed by atoms with Crippen LogP contribution in [0.4, 0.5) is 0 Å². The van der Waals surface area contributed by atoms with Gasteiger partial charge in [0.1, 0.15) is 24.0 Å². The second kappa shape index (κ2) is 6.17. The zero-order valence-corrected chi connectivity index (χ0v) is 9.89. The van der Waals surface area contributed by atoms with Gasteiger partial charge in [-0.15, -0.1) is 5.10 Å². The number of aromatic nitrogens is 2. The number of nitrogens with zero attached hydrogens (tertiary/aromatic N) is 2. The smallest absolute Gasteiger partial charge is 0.294 e. The first-order valence-corrected chi connectivity index (χ1v) is 5.94. The Morgan fingerprint density at radius 1 is 1.06 bits per heavy atom. The second-order valence-electron chi connectivity index (χ2n) is 3.13. The maximum absolute atomic E-state index is 8.80. The summed E-state index contributed by atoms with van der Waals surface area (Å²) in [5.74, 6) is 0.810. The highest BCUT2D eigenvalue weighted by Crippen LogP contribution is 2.17. The minimum absolute atomic E-state index is 0.110. The van der Waals surface area contributed by atoms with Gasteiger partial charge in [-0.1, -0.05) is 34.6 Å². The molecule has 2 rings (SSSR count). The number of aliphatic hydroxyl groups is 1. The molecular formula is C11H12N2O3S. The Morgan fingerprint density at radius 2 is 1.82 bits per heavy atom. The predicted molar refractivity (Wildman–Crippen MR) is 63.3 cm³/mol. The van der Waals surface area contributed by atoms with Crippen LogP contribution < -0.4 is 9.47 Å². The quantitative estimate of drug-likeness (QED) is 0.789. The van der Waals surface area contributed by atoms with E-state index in [-0.39, 0.29) is 6.61 Å². The summed E-state index contributed by atoms with van der Waals surface area (Å²) in [6.07, 6.45) is 0. The third kappa shape index (κ3) is 3.69. The highest BCUT2D eigenvalue weighted by molar-refractivity contribution is 7.13. The van der Waals surface area contributed by atoms with Crippen LogP contribution in [0, 0.1) is 0 Å². The lowest BCUT2D eigenvalue weighted by Crippen LogP contribution is -2.08. The molecule has 1 heterocycles. The first-order chi connectivity index (χ1) is 8.38. The highest BCUT2D eigenvalue weighted by Gasteiger charge is 2.03. The molecule has 1 aromatic heterocycles. The Hall–Kier alpha value is -1.66. The average molecular weight is 252 g/mol. The molecule has 17 heavy (non-hydrogen) atoms. The van der Waals surface area contributed by atoms with Crippen molar-refractivity contribution in [2.24, 2.45) is 0 Å². The van der Waals surface area contributed by atoms with Gasteiger partial charge in [0.05, 0.1) is 6.61 Å². The Morgan fingerprint density at radius 3 is 2.53 bits per heavy atom. The van der Waals surface area contributed by atoms with Gasteiger partial charge in [-0.05, 0) is 12.1 Å². The molecule has 0 spiro atoms. The molecule has 1 N–H and O–H groups in total. The van der Waals surface area contributed by atoms with Gasteiger partial charge >= 0.3 is 0 Å². The van der Waals surface area contributed by atoms with E-state index < -0.39 is 0 Å². The van der Waals surface area contributed by atoms with Crippen molar-refractivity contribution in [1.29, 1.82) is 0 Å². The first-order valence-electron chi connectivity index (χ1n) is 5.12. The summed E-state index contributed by atoms with van der Waals surface area (Å²) in [6.45, 7) is 0.731. The van der Waals surface area contributed by atoms with Gasteiger partial charge in [-0.25, -0.2) is 0 Å². The molecule has 0 saturated carbocycles. The first kappa shape index (κ1) is 11.8. The molecule has 6 heteroatoms. The molecular weight excluding hydrogens is 240 g/mol. The molecule has 0 fully saturated rings. The molecule has 0 saturated heterocycles. The lowest BCUT2D eigenvalue weighted by Gasteiger charge is -2.05. The Labute approximate surface area is 103 Å². The van der Waals surface area contributed by atoms with Gasteiger partial charge in [-0.2, -0.15) is 0 Å². The molecule has 0 bridgehead atoms. The number of ether oxygens (including phenoxy) is 2. The topological polar surface area (TPSA) is 64.5 Å². The summed E-state index contributed by atoms with van der Waals surface area (Å²) in [5.41, 5.74) is 0. The zero-order valence-electron chi connectivity index (χ0n) is 9.07. The normalized spacial score (nSPS) is 10.2. The van der Waals surface area contributed by atoms with E-state index in [1.807, 2.05) is 30.3 Å². The number of aliphatic hydroxyl groups excluding tert-OH is 1. The monoisotopic (exact) mass is 252 g/mol. The SMILES string of the molecule is OCc1nnc(OCCOc2ccccc2)s1. The van der Waals surface area contributed by atoms with Crippen molar-refractivity contribution in [1.82, 2.24) is 10.2 Å². The fraction of sp³-hybridized carbons (Fsp3) is 0.273. The number of hydrogen-bond donors (Lipinski definition) is 1. The van der Waals surface area contributed by atoms with E-state index in [4.69, 9.17) is 14.6 Å². The van der Waals surface area contributed by atoms with E-state index in [9.17, 15) is 0 Å². The van der Waals surface area contributed by atoms with Crippen LogP contribution in [0.3, 0.4) is 0 Å². The van der Waals surface area contributed by atoms with E-state index in [0.29, 0.717) is 23.4 Å². The summed E-state index contributed by atoms with van der Waals surface area (Å²) in [5, 5.41) is 17.3. The number of rotatable bonds is 6. The Kier molecular flexibility index (Phi) is 4.29. The maximum Gasteiger partial charge on any atom is 0.294 e. The highest BCUT2D eigenvalue weighted by atomic mass is 32.1. The molecule has 90 valence electrons. The minimum Gasteiger partial charge on any atom is -0.490 e. The lowest BCUT2D eigenvalue weighted by atomic mass is 10.3. The van der Waals surface area contributed by atoms with E-state index in [0.717, 1.165) is 5.75 Å². The largest absolute Gasteiger partial charge is 0.490 e. The van der Waals surface area contributed by atoms with E-state index in [2.05, 4.69) is 10.2 Å². The molecule has 0 aliphatic carbocycles. The van der Waals surface area contributed by atoms with Gasteiger partial charge in [0.2, 0.25) is 0 Å². The summed E-state index contributed by atoms with van der Waals surface area (Å²) < 4.78 is 10.8. The average Bonchev–Trinajstić information content (AvgIpc) is 2.84. The van der Waals surface area contributed by atoms with Crippen LogP contribution >= 0.6 is 11.3 Å². The summed E-state index contributed by atoms with van der Waals surface area (Å²) in [6, 6.07) is 9.52. The van der Waals surface area contributed by atoms with E-state index >= 15 is 0 Å². The summed E-state index contributed by atoms with van der Waals surface area (Å²) in [4.78, 5) is 0. The molecule has 1 aromatic carbocycles. The lowest BCUT2D eigenvalue weighted by molar-refractivity contribution is 0.215. The molecule has 0 amide bonds. The molecule has 0 unspecified atom stereocenters. The second-order valence-corrected chi connectivity index (χ2v) is 4.15. The van der Waals surface area contributed by atoms with Crippen LogP contribution in [0.25, 0.3) is 0 Å². The van der Waals surface area contributed by atoms with Gasteiger partial charge in [0, 0.05) is 0 Å². The molecule has 2 aromatic rings. The van der Waals surface area contributed by atoms with Gasteiger partial charge in [-0.3, -0.25) is 0 Å². The van der Waals surface area contributed by atoms with E-state index in [1.165, 1.54) is 11.3 Å². The summed E-state index contributed by atoms with van der Waals surface area (Å²) >= 11 is 1.23. The minimum atomic E-state index is -0.110. The van der Waals surface area contributed by atoms with Crippen molar-refractivity contribution in [3.8, 4) is 10.9 Å². The van der Waals surface area contributed by atoms with Crippen LogP contribution in [0.15, 0.2) is 30.3 Å². The van der Waals surface area contributed by atoms with Crippen molar-refractivity contribution in [3.05, 3.63) is 35.3 Å². The molecule has 5 nitrogen and oxygen atoms in total. The Balaban J connectivity index is 1.69. The van der Waals surface area contributed by atoms with Crippen LogP contribution in [-0.2, 0) is 6.61 Å². The molecule has 0 atom stereocenters. The van der Waals surface area contributed by atoms with E-state index in [1.54, 1.807) is 0 Å². The van der Waals surface area contributed by atoms with Crippen molar-refractivity contribution in [2.45, 2.75) is 6.61 Å². The van der Waals surface area contributed by atoms with Crippen molar-refractivity contribution < 1.29 is 14.6 Å². The third-order valence-corrected chi connectivity index (χ3v) is 2.72. The number of hydrogen-bond acceptors (Lipinski definition) is 6. The number of para-hydroxylation sites is 1. The molecule has 0 aliphatic rings. The molecule has 0 aliphatic heterocycles. The standard InChI is InChI=1S/C11H12N2O3S/c14-8-10-12-13-11(17-10)16-7-6-15-9-4-2-1-3-5-9/h1-5,14H,6-8H2. The third-order valence-electron chi connectivity index (χ3n) is 1.90. The van der Waals surface area contributed by atoms with Gasteiger partial charge in [0.25, 0.3) is 5.19 Å². The number of benzene rings is 1. The Bertz CT molecular complexity index is 447.